The van der Waals surface area contributed by atoms with E-state index in [1.54, 1.807) is 24.4 Å². The maximum absolute atomic E-state index is 13.9. The lowest BCUT2D eigenvalue weighted by Gasteiger charge is -2.48. The molecule has 5 heterocycles. The third kappa shape index (κ3) is 8.87. The first-order chi connectivity index (χ1) is 27.5. The van der Waals surface area contributed by atoms with E-state index in [-0.39, 0.29) is 17.1 Å². The first kappa shape index (κ1) is 39.0. The van der Waals surface area contributed by atoms with Crippen molar-refractivity contribution in [2.24, 2.45) is 17.3 Å². The van der Waals surface area contributed by atoms with Gasteiger partial charge in [0.05, 0.1) is 36.1 Å². The van der Waals surface area contributed by atoms with Crippen molar-refractivity contribution in [3.8, 4) is 11.5 Å². The molecule has 8 rings (SSSR count). The molecule has 1 aromatic carbocycles. The van der Waals surface area contributed by atoms with Crippen LogP contribution in [-0.2, 0) is 14.8 Å². The molecule has 4 aliphatic rings. The Balaban J connectivity index is 0.984. The van der Waals surface area contributed by atoms with Crippen LogP contribution in [0.5, 0.6) is 11.5 Å². The lowest BCUT2D eigenvalue weighted by molar-refractivity contribution is -0.384. The molecule has 0 atom stereocenters. The number of aromatic nitrogens is 3. The summed E-state index contributed by atoms with van der Waals surface area (Å²) in [5, 5.41) is 15.9. The number of aromatic amines is 1. The number of nitrogens with zero attached hydrogens (tertiary/aromatic N) is 5. The number of carbonyl (C=O) groups is 1. The summed E-state index contributed by atoms with van der Waals surface area (Å²) in [4.78, 5) is 41.2. The standard InChI is InChI=1S/C41H52N8O7S/c1-28-2-4-29(5-3-28)25-43-39-36(49(51)52)24-34(27-45-39)57(53,54)46-40(50)35-7-6-32(23-37(35)56-33-22-30-10-15-42-38(30)44-26-33)47-16-13-41(14-17-47)11-8-31(9-12-41)48-18-20-55-21-19-48/h6-7,10,15,22-24,26-29,31H,2-5,8-9,11-14,16-21,25H2,1H3,(H,42,44)(H,43,45)(H,46,50)/t28-,29+. The minimum Gasteiger partial charge on any atom is -0.455 e. The molecule has 1 spiro atoms. The normalized spacial score (nSPS) is 22.0. The molecule has 2 saturated carbocycles. The maximum atomic E-state index is 13.9. The van der Waals surface area contributed by atoms with Crippen molar-refractivity contribution >= 4 is 44.2 Å². The number of pyridine rings is 2. The van der Waals surface area contributed by atoms with E-state index in [0.717, 1.165) is 101 Å². The Morgan fingerprint density at radius 2 is 1.74 bits per heavy atom. The quantitative estimate of drug-likeness (QED) is 0.106. The second-order valence-corrected chi connectivity index (χ2v) is 18.2. The molecule has 57 heavy (non-hydrogen) atoms. The predicted octanol–water partition coefficient (Wildman–Crippen LogP) is 6.88. The molecule has 2 aliphatic heterocycles. The molecule has 2 saturated heterocycles. The van der Waals surface area contributed by atoms with Gasteiger partial charge in [-0.05, 0) is 92.9 Å². The molecule has 16 heteroatoms. The summed E-state index contributed by atoms with van der Waals surface area (Å²) in [6, 6.07) is 10.4. The van der Waals surface area contributed by atoms with Crippen LogP contribution >= 0.6 is 0 Å². The highest BCUT2D eigenvalue weighted by molar-refractivity contribution is 7.90. The molecular formula is C41H52N8O7S. The fourth-order valence-corrected chi connectivity index (χ4v) is 10.1. The Morgan fingerprint density at radius 3 is 2.47 bits per heavy atom. The number of nitro groups is 1. The first-order valence-electron chi connectivity index (χ1n) is 20.3. The SMILES string of the molecule is C[C@H]1CC[C@@H](CNc2ncc(S(=O)(=O)NC(=O)c3ccc(N4CCC5(CCC(N6CCOCC6)CC5)CC4)cc3Oc3cnc4[nH]ccc4c3)cc2[N+](=O)[O-])CC1. The van der Waals surface area contributed by atoms with Crippen LogP contribution in [0.15, 0.2) is 59.9 Å². The number of carbonyl (C=O) groups excluding carboxylic acids is 1. The molecule has 4 fully saturated rings. The van der Waals surface area contributed by atoms with Crippen molar-refractivity contribution in [3.05, 3.63) is 70.7 Å². The van der Waals surface area contributed by atoms with Gasteiger partial charge in [-0.3, -0.25) is 19.8 Å². The van der Waals surface area contributed by atoms with Crippen molar-refractivity contribution in [2.75, 3.05) is 56.2 Å². The zero-order chi connectivity index (χ0) is 39.6. The van der Waals surface area contributed by atoms with Crippen molar-refractivity contribution < 1.29 is 27.6 Å². The van der Waals surface area contributed by atoms with Gasteiger partial charge in [0, 0.05) is 68.2 Å². The smallest absolute Gasteiger partial charge is 0.312 e. The molecule has 2 aliphatic carbocycles. The van der Waals surface area contributed by atoms with Crippen LogP contribution < -0.4 is 19.7 Å². The zero-order valence-corrected chi connectivity index (χ0v) is 33.3. The highest BCUT2D eigenvalue weighted by atomic mass is 32.2. The van der Waals surface area contributed by atoms with E-state index in [1.807, 2.05) is 12.1 Å². The number of piperidine rings is 1. The number of benzene rings is 1. The number of H-pyrrole nitrogens is 1. The third-order valence-corrected chi connectivity index (χ3v) is 14.1. The fourth-order valence-electron chi connectivity index (χ4n) is 9.21. The number of fused-ring (bicyclic) bond motifs is 1. The van der Waals surface area contributed by atoms with Gasteiger partial charge in [-0.1, -0.05) is 19.8 Å². The Morgan fingerprint density at radius 1 is 0.982 bits per heavy atom. The van der Waals surface area contributed by atoms with E-state index in [1.165, 1.54) is 31.9 Å². The zero-order valence-electron chi connectivity index (χ0n) is 32.5. The molecule has 15 nitrogen and oxygen atoms in total. The molecular weight excluding hydrogens is 749 g/mol. The van der Waals surface area contributed by atoms with Crippen molar-refractivity contribution in [1.82, 2.24) is 24.6 Å². The number of sulfonamides is 1. The Bertz CT molecular complexity index is 2180. The molecule has 0 bridgehead atoms. The van der Waals surface area contributed by atoms with Gasteiger partial charge >= 0.3 is 5.69 Å². The van der Waals surface area contributed by atoms with Crippen LogP contribution in [0.1, 0.15) is 81.5 Å². The highest BCUT2D eigenvalue weighted by Crippen LogP contribution is 2.47. The second kappa shape index (κ2) is 16.6. The van der Waals surface area contributed by atoms with E-state index in [2.05, 4.69) is 41.7 Å². The summed E-state index contributed by atoms with van der Waals surface area (Å²) < 4.78 is 41.2. The van der Waals surface area contributed by atoms with Gasteiger partial charge < -0.3 is 24.7 Å². The largest absolute Gasteiger partial charge is 0.455 e. The molecule has 3 N–H and O–H groups in total. The summed E-state index contributed by atoms with van der Waals surface area (Å²) in [5.41, 5.74) is 1.37. The first-order valence-corrected chi connectivity index (χ1v) is 21.8. The van der Waals surface area contributed by atoms with Gasteiger partial charge in [0.2, 0.25) is 5.82 Å². The topological polar surface area (TPSA) is 185 Å². The van der Waals surface area contributed by atoms with Crippen LogP contribution in [0.3, 0.4) is 0 Å². The molecule has 3 aromatic heterocycles. The minimum atomic E-state index is -4.58. The summed E-state index contributed by atoms with van der Waals surface area (Å²) >= 11 is 0. The Labute approximate surface area is 333 Å². The van der Waals surface area contributed by atoms with Gasteiger partial charge in [0.1, 0.15) is 22.0 Å². The third-order valence-electron chi connectivity index (χ3n) is 12.8. The number of morpholine rings is 1. The molecule has 0 radical (unpaired) electrons. The number of anilines is 2. The van der Waals surface area contributed by atoms with E-state index < -0.39 is 31.4 Å². The van der Waals surface area contributed by atoms with Crippen LogP contribution in [0.4, 0.5) is 17.2 Å². The van der Waals surface area contributed by atoms with Crippen molar-refractivity contribution in [3.63, 3.8) is 0 Å². The van der Waals surface area contributed by atoms with Gasteiger partial charge in [0.15, 0.2) is 0 Å². The fraction of sp³-hybridized carbons (Fsp3) is 0.537. The average Bonchev–Trinajstić information content (AvgIpc) is 3.69. The maximum Gasteiger partial charge on any atom is 0.312 e. The Hall–Kier alpha value is -4.80. The second-order valence-electron chi connectivity index (χ2n) is 16.5. The van der Waals surface area contributed by atoms with E-state index in [4.69, 9.17) is 9.47 Å². The van der Waals surface area contributed by atoms with Gasteiger partial charge in [-0.2, -0.15) is 0 Å². The van der Waals surface area contributed by atoms with Crippen LogP contribution in [0.2, 0.25) is 0 Å². The number of ether oxygens (including phenoxy) is 2. The number of hydrogen-bond donors (Lipinski definition) is 3. The number of amides is 1. The van der Waals surface area contributed by atoms with Crippen LogP contribution in [0.25, 0.3) is 11.0 Å². The summed E-state index contributed by atoms with van der Waals surface area (Å²) in [7, 11) is -4.58. The lowest BCUT2D eigenvalue weighted by atomic mass is 9.66. The average molecular weight is 801 g/mol. The molecule has 304 valence electrons. The number of nitrogens with one attached hydrogen (secondary N) is 3. The van der Waals surface area contributed by atoms with E-state index >= 15 is 0 Å². The highest BCUT2D eigenvalue weighted by Gasteiger charge is 2.40. The number of hydrogen-bond acceptors (Lipinski definition) is 12. The number of rotatable bonds is 11. The van der Waals surface area contributed by atoms with Crippen molar-refractivity contribution in [2.45, 2.75) is 82.1 Å². The van der Waals surface area contributed by atoms with E-state index in [9.17, 15) is 23.3 Å². The van der Waals surface area contributed by atoms with Crippen LogP contribution in [0, 0.1) is 27.4 Å². The van der Waals surface area contributed by atoms with Crippen LogP contribution in [-0.4, -0.2) is 91.1 Å². The monoisotopic (exact) mass is 800 g/mol. The molecule has 1 amide bonds. The molecule has 0 unspecified atom stereocenters. The summed E-state index contributed by atoms with van der Waals surface area (Å²) in [6.45, 7) is 8.13. The predicted molar refractivity (Wildman–Crippen MR) is 216 cm³/mol. The minimum absolute atomic E-state index is 0.00696. The Kier molecular flexibility index (Phi) is 11.4. The summed E-state index contributed by atoms with van der Waals surface area (Å²) in [6.07, 6.45) is 15.6. The van der Waals surface area contributed by atoms with Gasteiger partial charge in [-0.15, -0.1) is 0 Å². The molecule has 4 aromatic rings. The van der Waals surface area contributed by atoms with Gasteiger partial charge in [0.25, 0.3) is 15.9 Å². The van der Waals surface area contributed by atoms with E-state index in [0.29, 0.717) is 41.2 Å². The van der Waals surface area contributed by atoms with Gasteiger partial charge in [-0.25, -0.2) is 23.1 Å². The lowest BCUT2D eigenvalue weighted by Crippen LogP contribution is -2.48. The summed E-state index contributed by atoms with van der Waals surface area (Å²) in [5.74, 6) is 0.593. The van der Waals surface area contributed by atoms with Crippen molar-refractivity contribution in [1.29, 1.82) is 0 Å².